The molecular formula is C17H16FNO4S2. The Labute approximate surface area is 149 Å². The third-order valence-electron chi connectivity index (χ3n) is 3.23. The fourth-order valence-electron chi connectivity index (χ4n) is 2.03. The predicted octanol–water partition coefficient (Wildman–Crippen LogP) is 4.65. The average Bonchev–Trinajstić information content (AvgIpc) is 3.23. The molecule has 0 saturated carbocycles. The summed E-state index contributed by atoms with van der Waals surface area (Å²) in [6.45, 7) is 4.04. The molecule has 0 N–H and O–H groups in total. The van der Waals surface area contributed by atoms with E-state index in [9.17, 15) is 12.8 Å². The molecule has 132 valence electrons. The second-order valence-corrected chi connectivity index (χ2v) is 8.61. The summed E-state index contributed by atoms with van der Waals surface area (Å²) in [5.41, 5.74) is 0. The van der Waals surface area contributed by atoms with Gasteiger partial charge in [-0.15, -0.1) is 0 Å². The van der Waals surface area contributed by atoms with E-state index in [1.807, 2.05) is 13.8 Å². The number of furan rings is 1. The standard InChI is InChI=1S/C17H16FNO4S2/c1-11(2)10-24-17-16(19-15(23-17)14-4-3-9-22-14)25(20,21)13-7-5-12(18)6-8-13/h3-9,11H,10H2,1-2H3. The Morgan fingerprint density at radius 3 is 2.52 bits per heavy atom. The number of sulfone groups is 1. The van der Waals surface area contributed by atoms with Gasteiger partial charge in [-0.3, -0.25) is 0 Å². The van der Waals surface area contributed by atoms with Crippen molar-refractivity contribution in [2.75, 3.05) is 5.75 Å². The van der Waals surface area contributed by atoms with E-state index in [4.69, 9.17) is 8.83 Å². The molecule has 0 aliphatic carbocycles. The maximum Gasteiger partial charge on any atom is 0.265 e. The number of benzene rings is 1. The Kier molecular flexibility index (Phi) is 5.01. The Morgan fingerprint density at radius 2 is 1.92 bits per heavy atom. The van der Waals surface area contributed by atoms with Crippen LogP contribution in [-0.2, 0) is 9.84 Å². The van der Waals surface area contributed by atoms with Crippen molar-refractivity contribution in [1.29, 1.82) is 0 Å². The van der Waals surface area contributed by atoms with Crippen molar-refractivity contribution in [2.24, 2.45) is 5.92 Å². The number of nitrogens with zero attached hydrogens (tertiary/aromatic N) is 1. The average molecular weight is 381 g/mol. The number of hydrogen-bond acceptors (Lipinski definition) is 6. The highest BCUT2D eigenvalue weighted by atomic mass is 32.2. The summed E-state index contributed by atoms with van der Waals surface area (Å²) in [6, 6.07) is 7.92. The topological polar surface area (TPSA) is 73.3 Å². The summed E-state index contributed by atoms with van der Waals surface area (Å²) >= 11 is 1.27. The molecule has 0 aliphatic heterocycles. The second kappa shape index (κ2) is 7.05. The van der Waals surface area contributed by atoms with Crippen LogP contribution in [0.3, 0.4) is 0 Å². The Hall–Kier alpha value is -2.06. The van der Waals surface area contributed by atoms with E-state index in [-0.39, 0.29) is 20.9 Å². The molecule has 8 heteroatoms. The molecule has 0 radical (unpaired) electrons. The molecule has 0 fully saturated rings. The first-order valence-electron chi connectivity index (χ1n) is 7.56. The number of halogens is 1. The lowest BCUT2D eigenvalue weighted by Gasteiger charge is -2.05. The summed E-state index contributed by atoms with van der Waals surface area (Å²) in [7, 11) is -3.94. The van der Waals surface area contributed by atoms with E-state index in [0.29, 0.717) is 17.4 Å². The molecule has 0 aliphatic rings. The van der Waals surface area contributed by atoms with Crippen LogP contribution in [0.1, 0.15) is 13.8 Å². The summed E-state index contributed by atoms with van der Waals surface area (Å²) in [6.07, 6.45) is 1.45. The molecule has 3 rings (SSSR count). The number of hydrogen-bond donors (Lipinski definition) is 0. The van der Waals surface area contributed by atoms with Crippen LogP contribution in [0.4, 0.5) is 4.39 Å². The molecule has 2 aromatic heterocycles. The maximum absolute atomic E-state index is 13.1. The van der Waals surface area contributed by atoms with Crippen molar-refractivity contribution in [3.05, 3.63) is 48.5 Å². The molecular weight excluding hydrogens is 365 g/mol. The maximum atomic E-state index is 13.1. The van der Waals surface area contributed by atoms with Gasteiger partial charge in [0.05, 0.1) is 11.2 Å². The number of rotatable bonds is 6. The molecule has 0 amide bonds. The van der Waals surface area contributed by atoms with Crippen LogP contribution in [0.2, 0.25) is 0 Å². The van der Waals surface area contributed by atoms with Gasteiger partial charge < -0.3 is 8.83 Å². The number of oxazole rings is 1. The Balaban J connectivity index is 2.07. The monoisotopic (exact) mass is 381 g/mol. The largest absolute Gasteiger partial charge is 0.459 e. The van der Waals surface area contributed by atoms with Crippen LogP contribution in [0.5, 0.6) is 0 Å². The lowest BCUT2D eigenvalue weighted by molar-refractivity contribution is 0.450. The third kappa shape index (κ3) is 3.80. The second-order valence-electron chi connectivity index (χ2n) is 5.75. The highest BCUT2D eigenvalue weighted by Crippen LogP contribution is 2.35. The van der Waals surface area contributed by atoms with Crippen LogP contribution in [0.15, 0.2) is 66.5 Å². The lowest BCUT2D eigenvalue weighted by atomic mass is 10.3. The van der Waals surface area contributed by atoms with Gasteiger partial charge >= 0.3 is 0 Å². The number of thioether (sulfide) groups is 1. The van der Waals surface area contributed by atoms with E-state index >= 15 is 0 Å². The summed E-state index contributed by atoms with van der Waals surface area (Å²) in [5.74, 6) is 0.927. The zero-order valence-corrected chi connectivity index (χ0v) is 15.2. The molecule has 2 heterocycles. The Morgan fingerprint density at radius 1 is 1.20 bits per heavy atom. The molecule has 0 unspecified atom stereocenters. The van der Waals surface area contributed by atoms with Crippen molar-refractivity contribution < 1.29 is 21.6 Å². The van der Waals surface area contributed by atoms with Gasteiger partial charge in [-0.25, -0.2) is 12.8 Å². The van der Waals surface area contributed by atoms with Gasteiger partial charge in [0.1, 0.15) is 5.82 Å². The van der Waals surface area contributed by atoms with Crippen LogP contribution < -0.4 is 0 Å². The van der Waals surface area contributed by atoms with E-state index < -0.39 is 15.7 Å². The van der Waals surface area contributed by atoms with Crippen LogP contribution >= 0.6 is 11.8 Å². The molecule has 25 heavy (non-hydrogen) atoms. The summed E-state index contributed by atoms with van der Waals surface area (Å²) in [4.78, 5) is 4.10. The molecule has 3 aromatic rings. The van der Waals surface area contributed by atoms with Gasteiger partial charge in [-0.2, -0.15) is 4.98 Å². The molecule has 0 spiro atoms. The van der Waals surface area contributed by atoms with Crippen molar-refractivity contribution in [3.63, 3.8) is 0 Å². The summed E-state index contributed by atoms with van der Waals surface area (Å²) < 4.78 is 49.8. The Bertz CT molecular complexity index is 945. The minimum Gasteiger partial charge on any atom is -0.459 e. The molecule has 1 aromatic carbocycles. The van der Waals surface area contributed by atoms with E-state index in [1.54, 1.807) is 12.1 Å². The zero-order valence-electron chi connectivity index (χ0n) is 13.6. The van der Waals surface area contributed by atoms with Gasteiger partial charge in [0, 0.05) is 5.75 Å². The normalized spacial score (nSPS) is 12.0. The quantitative estimate of drug-likeness (QED) is 0.457. The molecule has 0 bridgehead atoms. The minimum absolute atomic E-state index is 0.0420. The van der Waals surface area contributed by atoms with Crippen molar-refractivity contribution >= 4 is 21.6 Å². The first-order valence-corrected chi connectivity index (χ1v) is 10.0. The SMILES string of the molecule is CC(C)CSc1oc(-c2ccco2)nc1S(=O)(=O)c1ccc(F)cc1. The van der Waals surface area contributed by atoms with Gasteiger partial charge in [-0.05, 0) is 42.3 Å². The lowest BCUT2D eigenvalue weighted by Crippen LogP contribution is -2.04. The van der Waals surface area contributed by atoms with Crippen LogP contribution in [0, 0.1) is 11.7 Å². The zero-order chi connectivity index (χ0) is 18.0. The van der Waals surface area contributed by atoms with Gasteiger partial charge in [0.2, 0.25) is 20.0 Å². The highest BCUT2D eigenvalue weighted by molar-refractivity contribution is 8.00. The minimum atomic E-state index is -3.94. The smallest absolute Gasteiger partial charge is 0.265 e. The van der Waals surface area contributed by atoms with Crippen LogP contribution in [0.25, 0.3) is 11.7 Å². The van der Waals surface area contributed by atoms with E-state index in [1.165, 1.54) is 30.2 Å². The fourth-order valence-corrected chi connectivity index (χ4v) is 4.51. The predicted molar refractivity (Wildman–Crippen MR) is 91.6 cm³/mol. The number of aromatic nitrogens is 1. The van der Waals surface area contributed by atoms with Crippen molar-refractivity contribution in [2.45, 2.75) is 28.9 Å². The van der Waals surface area contributed by atoms with Crippen LogP contribution in [-0.4, -0.2) is 19.2 Å². The first-order chi connectivity index (χ1) is 11.9. The molecule has 0 atom stereocenters. The van der Waals surface area contributed by atoms with Crippen molar-refractivity contribution in [3.8, 4) is 11.7 Å². The van der Waals surface area contributed by atoms with Gasteiger partial charge in [0.25, 0.3) is 5.89 Å². The van der Waals surface area contributed by atoms with E-state index in [0.717, 1.165) is 12.1 Å². The van der Waals surface area contributed by atoms with Crippen molar-refractivity contribution in [1.82, 2.24) is 4.98 Å². The molecule has 0 saturated heterocycles. The van der Waals surface area contributed by atoms with E-state index in [2.05, 4.69) is 4.98 Å². The van der Waals surface area contributed by atoms with Gasteiger partial charge in [0.15, 0.2) is 5.76 Å². The first kappa shape index (κ1) is 17.8. The highest BCUT2D eigenvalue weighted by Gasteiger charge is 2.29. The summed E-state index contributed by atoms with van der Waals surface area (Å²) in [5, 5.41) is 0.0144. The third-order valence-corrected chi connectivity index (χ3v) is 6.41. The molecule has 5 nitrogen and oxygen atoms in total. The van der Waals surface area contributed by atoms with Gasteiger partial charge in [-0.1, -0.05) is 25.6 Å². The fraction of sp³-hybridized carbons (Fsp3) is 0.235.